The summed E-state index contributed by atoms with van der Waals surface area (Å²) >= 11 is 1.50. The number of likely N-dealkylation sites (N-methyl/N-ethyl adjacent to an activating group) is 2. The lowest BCUT2D eigenvalue weighted by Gasteiger charge is -2.41. The number of thiazole rings is 1. The van der Waals surface area contributed by atoms with Gasteiger partial charge in [0.1, 0.15) is 17.1 Å². The average Bonchev–Trinajstić information content (AvgIpc) is 3.99. The van der Waals surface area contributed by atoms with E-state index in [1.54, 1.807) is 32.4 Å². The Morgan fingerprint density at radius 2 is 1.60 bits per heavy atom. The molecule has 0 bridgehead atoms. The van der Waals surface area contributed by atoms with Crippen LogP contribution in [-0.4, -0.2) is 121 Å². The van der Waals surface area contributed by atoms with E-state index in [1.165, 1.54) is 11.3 Å². The van der Waals surface area contributed by atoms with E-state index in [9.17, 15) is 19.2 Å². The monoisotopic (exact) mass is 916 g/mol. The molecule has 2 aromatic carbocycles. The third-order valence-corrected chi connectivity index (χ3v) is 13.7. The molecule has 4 amide bonds. The molecule has 0 aliphatic carbocycles. The zero-order valence-corrected chi connectivity index (χ0v) is 41.8. The number of benzene rings is 2. The first kappa shape index (κ1) is 53.0. The second-order valence-corrected chi connectivity index (χ2v) is 19.5. The number of ether oxygens (including phenoxy) is 2. The van der Waals surface area contributed by atoms with E-state index in [-0.39, 0.29) is 54.0 Å². The van der Waals surface area contributed by atoms with Crippen LogP contribution in [0.5, 0.6) is 0 Å². The predicted molar refractivity (Wildman–Crippen MR) is 261 cm³/mol. The van der Waals surface area contributed by atoms with Crippen molar-refractivity contribution in [3.63, 3.8) is 0 Å². The molecule has 1 saturated heterocycles. The number of carbonyl (C=O) groups excluding carboxylic acids is 4. The molecule has 13 nitrogen and oxygen atoms in total. The smallest absolute Gasteiger partial charge is 0.245 e. The summed E-state index contributed by atoms with van der Waals surface area (Å²) < 4.78 is 12.2. The van der Waals surface area contributed by atoms with E-state index < -0.39 is 36.3 Å². The van der Waals surface area contributed by atoms with Crippen LogP contribution in [0, 0.1) is 17.8 Å². The first-order chi connectivity index (χ1) is 30.9. The highest BCUT2D eigenvalue weighted by atomic mass is 32.1. The molecular formula is C51H77N7O6S. The van der Waals surface area contributed by atoms with Gasteiger partial charge in [-0.25, -0.2) is 4.98 Å². The van der Waals surface area contributed by atoms with Crippen LogP contribution in [0.1, 0.15) is 103 Å². The van der Waals surface area contributed by atoms with Gasteiger partial charge in [0.25, 0.3) is 0 Å². The van der Waals surface area contributed by atoms with Crippen LogP contribution >= 0.6 is 11.3 Å². The van der Waals surface area contributed by atoms with Gasteiger partial charge in [-0.2, -0.15) is 0 Å². The number of carbonyl (C=O) groups is 4. The van der Waals surface area contributed by atoms with Gasteiger partial charge >= 0.3 is 0 Å². The Bertz CT molecular complexity index is 1960. The molecule has 1 aliphatic rings. The fourth-order valence-electron chi connectivity index (χ4n) is 9.25. The van der Waals surface area contributed by atoms with Crippen LogP contribution in [0.4, 0.5) is 5.69 Å². The van der Waals surface area contributed by atoms with Crippen molar-refractivity contribution >= 4 is 40.7 Å². The van der Waals surface area contributed by atoms with Gasteiger partial charge in [0.05, 0.1) is 42.7 Å². The molecule has 1 aromatic heterocycles. The van der Waals surface area contributed by atoms with Crippen molar-refractivity contribution < 1.29 is 28.7 Å². The number of nitrogens with one attached hydrogen (secondary N) is 3. The van der Waals surface area contributed by atoms with E-state index in [1.807, 2.05) is 105 Å². The Kier molecular flexibility index (Phi) is 20.6. The lowest BCUT2D eigenvalue weighted by atomic mass is 9.89. The maximum Gasteiger partial charge on any atom is 0.245 e. The van der Waals surface area contributed by atoms with Gasteiger partial charge in [0.2, 0.25) is 23.6 Å². The van der Waals surface area contributed by atoms with Crippen molar-refractivity contribution in [3.8, 4) is 0 Å². The normalized spacial score (nSPS) is 17.8. The first-order valence-corrected chi connectivity index (χ1v) is 24.2. The summed E-state index contributed by atoms with van der Waals surface area (Å²) in [5, 5.41) is 12.5. The van der Waals surface area contributed by atoms with Crippen LogP contribution in [0.3, 0.4) is 0 Å². The van der Waals surface area contributed by atoms with E-state index in [0.29, 0.717) is 37.5 Å². The highest BCUT2D eigenvalue weighted by Gasteiger charge is 2.43. The number of methoxy groups -OCH3 is 2. The van der Waals surface area contributed by atoms with E-state index in [0.717, 1.165) is 34.7 Å². The second-order valence-electron chi connectivity index (χ2n) is 18.6. The fraction of sp³-hybridized carbons (Fsp3) is 0.588. The minimum absolute atomic E-state index is 0.0234. The van der Waals surface area contributed by atoms with Crippen LogP contribution in [0.15, 0.2) is 78.3 Å². The molecular weight excluding hydrogens is 839 g/mol. The molecule has 4 rings (SSSR count). The van der Waals surface area contributed by atoms with Crippen LogP contribution in [0.25, 0.3) is 0 Å². The highest BCUT2D eigenvalue weighted by molar-refractivity contribution is 7.09. The third-order valence-electron chi connectivity index (χ3n) is 12.8. The number of likely N-dealkylation sites (tertiary alicyclic amines) is 1. The van der Waals surface area contributed by atoms with Gasteiger partial charge in [-0.3, -0.25) is 24.1 Å². The maximum atomic E-state index is 14.6. The van der Waals surface area contributed by atoms with Crippen molar-refractivity contribution in [3.05, 3.63) is 94.5 Å². The standard InChI is InChI=1S/C51H77N7O6S/c1-14-35(8)46(57(11)51(62)44(32(2)3)55-49(61)45(33(4)5)56(10)31-38-22-24-39(25-23-38)53-34(6)7)42(63-12)30-43(59)58-27-18-21-41(58)47(64-13)36(9)48(60)54-40(50-52-26-28-65-50)29-37-19-16-15-17-20-37/h15-17,19-20,22-26,28,32,34-36,40-42,44-47,53H,4,14,18,21,27,29-31H2,1-3,5-13H3,(H,54,60)(H,55,61)/t35-,36+,40-,41-,42+,44-,45-,46-,47+/m0/s1. The number of amides is 4. The van der Waals surface area contributed by atoms with E-state index >= 15 is 0 Å². The van der Waals surface area contributed by atoms with Gasteiger partial charge in [0.15, 0.2) is 0 Å². The predicted octanol–water partition coefficient (Wildman–Crippen LogP) is 7.50. The SMILES string of the molecule is C=C(C)[C@@H](C(=O)N[C@H](C(=O)N(C)[C@@H]([C@@H](C)CC)[C@@H](CC(=O)N1CCC[C@H]1[C@H](OC)[C@@H](C)C(=O)N[C@@H](Cc1ccccc1)c1nccs1)OC)C(C)C)N(C)Cc1ccc(NC(C)C)cc1. The zero-order chi connectivity index (χ0) is 48.0. The van der Waals surface area contributed by atoms with Crippen LogP contribution in [0.2, 0.25) is 0 Å². The van der Waals surface area contributed by atoms with Gasteiger partial charge in [0, 0.05) is 57.7 Å². The summed E-state index contributed by atoms with van der Waals surface area (Å²) in [5.74, 6) is -1.71. The minimum atomic E-state index is -0.843. The molecule has 2 heterocycles. The maximum absolute atomic E-state index is 14.6. The summed E-state index contributed by atoms with van der Waals surface area (Å²) in [6.45, 7) is 21.0. The Labute approximate surface area is 393 Å². The molecule has 9 atom stereocenters. The van der Waals surface area contributed by atoms with Crippen molar-refractivity contribution in [1.82, 2.24) is 30.3 Å². The molecule has 358 valence electrons. The molecule has 0 saturated carbocycles. The van der Waals surface area contributed by atoms with Crippen molar-refractivity contribution in [2.45, 2.75) is 142 Å². The Hall–Kier alpha value is -4.63. The van der Waals surface area contributed by atoms with E-state index in [4.69, 9.17) is 9.47 Å². The molecule has 3 N–H and O–H groups in total. The molecule has 1 aliphatic heterocycles. The molecule has 1 fully saturated rings. The molecule has 0 radical (unpaired) electrons. The molecule has 0 unspecified atom stereocenters. The Morgan fingerprint density at radius 3 is 2.15 bits per heavy atom. The average molecular weight is 916 g/mol. The topological polar surface area (TPSA) is 145 Å². The van der Waals surface area contributed by atoms with Crippen molar-refractivity contribution in [2.24, 2.45) is 17.8 Å². The van der Waals surface area contributed by atoms with Gasteiger partial charge in [-0.15, -0.1) is 11.3 Å². The zero-order valence-electron chi connectivity index (χ0n) is 41.0. The third kappa shape index (κ3) is 14.4. The number of hydrogen-bond acceptors (Lipinski definition) is 10. The fourth-order valence-corrected chi connectivity index (χ4v) is 9.94. The summed E-state index contributed by atoms with van der Waals surface area (Å²) in [4.78, 5) is 67.2. The van der Waals surface area contributed by atoms with Crippen molar-refractivity contribution in [1.29, 1.82) is 0 Å². The lowest BCUT2D eigenvalue weighted by molar-refractivity contribution is -0.148. The Balaban J connectivity index is 1.47. The van der Waals surface area contributed by atoms with E-state index in [2.05, 4.69) is 55.2 Å². The highest BCUT2D eigenvalue weighted by Crippen LogP contribution is 2.31. The lowest BCUT2D eigenvalue weighted by Crippen LogP contribution is -2.59. The summed E-state index contributed by atoms with van der Waals surface area (Å²) in [6.07, 6.45) is 3.33. The molecule has 3 aromatic rings. The summed E-state index contributed by atoms with van der Waals surface area (Å²) in [5.41, 5.74) is 3.82. The number of aromatic nitrogens is 1. The van der Waals surface area contributed by atoms with Crippen LogP contribution < -0.4 is 16.0 Å². The minimum Gasteiger partial charge on any atom is -0.383 e. The number of nitrogens with zero attached hydrogens (tertiary/aromatic N) is 4. The molecule has 65 heavy (non-hydrogen) atoms. The largest absolute Gasteiger partial charge is 0.383 e. The summed E-state index contributed by atoms with van der Waals surface area (Å²) in [7, 11) is 6.81. The van der Waals surface area contributed by atoms with Crippen LogP contribution in [-0.2, 0) is 41.6 Å². The summed E-state index contributed by atoms with van der Waals surface area (Å²) in [6, 6.07) is 15.8. The second kappa shape index (κ2) is 25.3. The number of anilines is 1. The van der Waals surface area contributed by atoms with Gasteiger partial charge in [-0.05, 0) is 82.2 Å². The van der Waals surface area contributed by atoms with Crippen molar-refractivity contribution in [2.75, 3.05) is 40.2 Å². The number of rotatable bonds is 25. The molecule has 14 heteroatoms. The quantitative estimate of drug-likeness (QED) is 0.0737. The number of hydrogen-bond donors (Lipinski definition) is 3. The Morgan fingerprint density at radius 1 is 0.923 bits per heavy atom. The first-order valence-electron chi connectivity index (χ1n) is 23.3. The molecule has 0 spiro atoms. The van der Waals surface area contributed by atoms with Gasteiger partial charge in [-0.1, -0.05) is 95.7 Å². The van der Waals surface area contributed by atoms with Gasteiger partial charge < -0.3 is 35.2 Å².